The van der Waals surface area contributed by atoms with Crippen molar-refractivity contribution in [3.8, 4) is 0 Å². The second kappa shape index (κ2) is 8.79. The van der Waals surface area contributed by atoms with E-state index in [1.807, 2.05) is 6.92 Å². The van der Waals surface area contributed by atoms with Crippen molar-refractivity contribution in [3.05, 3.63) is 0 Å². The summed E-state index contributed by atoms with van der Waals surface area (Å²) in [5.74, 6) is -1.84. The SMILES string of the molecule is CCCC(C(=O)C(=O)CCCC=O)C(C)C=O. The van der Waals surface area contributed by atoms with Gasteiger partial charge in [-0.2, -0.15) is 0 Å². The van der Waals surface area contributed by atoms with Gasteiger partial charge < -0.3 is 9.59 Å². The van der Waals surface area contributed by atoms with Crippen molar-refractivity contribution in [2.75, 3.05) is 0 Å². The highest BCUT2D eigenvalue weighted by Gasteiger charge is 2.28. The Morgan fingerprint density at radius 3 is 2.35 bits per heavy atom. The molecule has 0 N–H and O–H groups in total. The molecule has 0 aliphatic rings. The molecule has 96 valence electrons. The molecule has 0 saturated heterocycles. The molecule has 2 atom stereocenters. The van der Waals surface area contributed by atoms with Crippen LogP contribution in [0, 0.1) is 11.8 Å². The summed E-state index contributed by atoms with van der Waals surface area (Å²) in [6, 6.07) is 0. The zero-order chi connectivity index (χ0) is 13.3. The van der Waals surface area contributed by atoms with Crippen LogP contribution in [0.5, 0.6) is 0 Å². The van der Waals surface area contributed by atoms with E-state index >= 15 is 0 Å². The van der Waals surface area contributed by atoms with Gasteiger partial charge in [0.2, 0.25) is 5.78 Å². The zero-order valence-electron chi connectivity index (χ0n) is 10.5. The third kappa shape index (κ3) is 5.52. The summed E-state index contributed by atoms with van der Waals surface area (Å²) in [7, 11) is 0. The number of hydrogen-bond acceptors (Lipinski definition) is 4. The number of carbonyl (C=O) groups is 4. The first-order valence-electron chi connectivity index (χ1n) is 6.04. The maximum Gasteiger partial charge on any atom is 0.202 e. The van der Waals surface area contributed by atoms with Crippen LogP contribution in [0.2, 0.25) is 0 Å². The van der Waals surface area contributed by atoms with Gasteiger partial charge in [0.05, 0.1) is 0 Å². The molecule has 0 saturated carbocycles. The van der Waals surface area contributed by atoms with E-state index in [9.17, 15) is 19.2 Å². The topological polar surface area (TPSA) is 68.3 Å². The van der Waals surface area contributed by atoms with Crippen LogP contribution in [0.15, 0.2) is 0 Å². The minimum atomic E-state index is -0.499. The molecule has 0 heterocycles. The molecule has 0 aliphatic carbocycles. The summed E-state index contributed by atoms with van der Waals surface area (Å²) in [4.78, 5) is 44.2. The molecule has 0 radical (unpaired) electrons. The molecule has 0 aliphatic heterocycles. The molecule has 0 aromatic rings. The Kier molecular flexibility index (Phi) is 8.11. The second-order valence-corrected chi connectivity index (χ2v) is 4.24. The number of ketones is 2. The molecule has 4 nitrogen and oxygen atoms in total. The van der Waals surface area contributed by atoms with Crippen LogP contribution in [-0.2, 0) is 19.2 Å². The summed E-state index contributed by atoms with van der Waals surface area (Å²) >= 11 is 0. The van der Waals surface area contributed by atoms with Gasteiger partial charge in [-0.25, -0.2) is 0 Å². The lowest BCUT2D eigenvalue weighted by Crippen LogP contribution is -2.29. The van der Waals surface area contributed by atoms with Gasteiger partial charge in [-0.05, 0) is 12.8 Å². The number of carbonyl (C=O) groups excluding carboxylic acids is 4. The van der Waals surface area contributed by atoms with E-state index in [1.165, 1.54) is 0 Å². The molecule has 17 heavy (non-hydrogen) atoms. The molecule has 0 amide bonds. The highest BCUT2D eigenvalue weighted by molar-refractivity contribution is 6.38. The number of hydrogen-bond donors (Lipinski definition) is 0. The monoisotopic (exact) mass is 240 g/mol. The fourth-order valence-electron chi connectivity index (χ4n) is 1.71. The van der Waals surface area contributed by atoms with Gasteiger partial charge in [0.15, 0.2) is 5.78 Å². The Labute approximate surface area is 102 Å². The molecule has 0 aromatic carbocycles. The summed E-state index contributed by atoms with van der Waals surface area (Å²) in [6.07, 6.45) is 3.56. The summed E-state index contributed by atoms with van der Waals surface area (Å²) < 4.78 is 0. The van der Waals surface area contributed by atoms with Gasteiger partial charge in [0.1, 0.15) is 12.6 Å². The standard InChI is InChI=1S/C13H20O4/c1-3-6-11(10(2)9-15)13(17)12(16)7-4-5-8-14/h8-11H,3-7H2,1-2H3. The Morgan fingerprint density at radius 2 is 1.88 bits per heavy atom. The molecule has 0 aromatic heterocycles. The highest BCUT2D eigenvalue weighted by atomic mass is 16.2. The molecule has 0 bridgehead atoms. The Balaban J connectivity index is 4.43. The van der Waals surface area contributed by atoms with Crippen molar-refractivity contribution in [2.45, 2.75) is 46.0 Å². The number of rotatable bonds is 10. The molecule has 0 rings (SSSR count). The lowest BCUT2D eigenvalue weighted by Gasteiger charge is -2.16. The first-order valence-corrected chi connectivity index (χ1v) is 6.04. The van der Waals surface area contributed by atoms with Crippen LogP contribution in [0.1, 0.15) is 46.0 Å². The van der Waals surface area contributed by atoms with Crippen LogP contribution in [0.25, 0.3) is 0 Å². The summed E-state index contributed by atoms with van der Waals surface area (Å²) in [5.41, 5.74) is 0. The Hall–Kier alpha value is -1.32. The molecule has 4 heteroatoms. The van der Waals surface area contributed by atoms with Crippen LogP contribution in [-0.4, -0.2) is 24.1 Å². The Bertz CT molecular complexity index is 283. The smallest absolute Gasteiger partial charge is 0.202 e. The van der Waals surface area contributed by atoms with E-state index in [1.54, 1.807) is 6.92 Å². The van der Waals surface area contributed by atoms with E-state index in [0.29, 0.717) is 19.3 Å². The highest BCUT2D eigenvalue weighted by Crippen LogP contribution is 2.18. The first-order chi connectivity index (χ1) is 8.08. The zero-order valence-corrected chi connectivity index (χ0v) is 10.5. The number of Topliss-reactive ketones (excluding diaryl/α,β-unsaturated/α-hetero) is 2. The molecule has 2 unspecified atom stereocenters. The third-order valence-corrected chi connectivity index (χ3v) is 2.79. The van der Waals surface area contributed by atoms with Gasteiger partial charge in [-0.3, -0.25) is 9.59 Å². The summed E-state index contributed by atoms with van der Waals surface area (Å²) in [6.45, 7) is 3.57. The molecule has 0 fully saturated rings. The minimum absolute atomic E-state index is 0.101. The van der Waals surface area contributed by atoms with Crippen molar-refractivity contribution in [3.63, 3.8) is 0 Å². The lowest BCUT2D eigenvalue weighted by atomic mass is 9.84. The van der Waals surface area contributed by atoms with Gasteiger partial charge in [-0.1, -0.05) is 20.3 Å². The van der Waals surface area contributed by atoms with E-state index in [-0.39, 0.29) is 6.42 Å². The fourth-order valence-corrected chi connectivity index (χ4v) is 1.71. The third-order valence-electron chi connectivity index (χ3n) is 2.79. The lowest BCUT2D eigenvalue weighted by molar-refractivity contribution is -0.140. The van der Waals surface area contributed by atoms with Crippen LogP contribution >= 0.6 is 0 Å². The summed E-state index contributed by atoms with van der Waals surface area (Å²) in [5, 5.41) is 0. The molecular formula is C13H20O4. The van der Waals surface area contributed by atoms with Crippen molar-refractivity contribution in [2.24, 2.45) is 11.8 Å². The van der Waals surface area contributed by atoms with Crippen LogP contribution in [0.3, 0.4) is 0 Å². The van der Waals surface area contributed by atoms with Gasteiger partial charge >= 0.3 is 0 Å². The minimum Gasteiger partial charge on any atom is -0.303 e. The van der Waals surface area contributed by atoms with Gasteiger partial charge in [0.25, 0.3) is 0 Å². The van der Waals surface area contributed by atoms with E-state index in [4.69, 9.17) is 0 Å². The van der Waals surface area contributed by atoms with Gasteiger partial charge in [-0.15, -0.1) is 0 Å². The van der Waals surface area contributed by atoms with Crippen molar-refractivity contribution in [1.29, 1.82) is 0 Å². The maximum absolute atomic E-state index is 11.8. The molecule has 0 spiro atoms. The number of aldehydes is 2. The average Bonchev–Trinajstić information content (AvgIpc) is 2.34. The average molecular weight is 240 g/mol. The predicted molar refractivity (Wildman–Crippen MR) is 63.6 cm³/mol. The van der Waals surface area contributed by atoms with E-state index < -0.39 is 23.4 Å². The van der Waals surface area contributed by atoms with E-state index in [0.717, 1.165) is 19.0 Å². The van der Waals surface area contributed by atoms with Crippen LogP contribution < -0.4 is 0 Å². The largest absolute Gasteiger partial charge is 0.303 e. The van der Waals surface area contributed by atoms with Crippen molar-refractivity contribution < 1.29 is 19.2 Å². The van der Waals surface area contributed by atoms with Crippen molar-refractivity contribution >= 4 is 24.1 Å². The normalized spacial score (nSPS) is 13.8. The van der Waals surface area contributed by atoms with Crippen LogP contribution in [0.4, 0.5) is 0 Å². The van der Waals surface area contributed by atoms with Gasteiger partial charge in [0, 0.05) is 24.7 Å². The first kappa shape index (κ1) is 15.7. The fraction of sp³-hybridized carbons (Fsp3) is 0.692. The predicted octanol–water partition coefficient (Wildman–Crippen LogP) is 1.75. The van der Waals surface area contributed by atoms with Crippen molar-refractivity contribution in [1.82, 2.24) is 0 Å². The second-order valence-electron chi connectivity index (χ2n) is 4.24. The quantitative estimate of drug-likeness (QED) is 0.331. The van der Waals surface area contributed by atoms with E-state index in [2.05, 4.69) is 0 Å². The number of unbranched alkanes of at least 4 members (excludes halogenated alkanes) is 1. The molecular weight excluding hydrogens is 220 g/mol. The Morgan fingerprint density at radius 1 is 1.24 bits per heavy atom. The maximum atomic E-state index is 11.8.